The van der Waals surface area contributed by atoms with Gasteiger partial charge in [0.1, 0.15) is 11.6 Å². The van der Waals surface area contributed by atoms with Crippen molar-refractivity contribution in [1.29, 1.82) is 0 Å². The molecule has 2 heterocycles. The van der Waals surface area contributed by atoms with Crippen molar-refractivity contribution < 1.29 is 8.78 Å². The molecule has 13 heteroatoms. The van der Waals surface area contributed by atoms with E-state index in [0.717, 1.165) is 12.1 Å². The number of benzene rings is 4. The Labute approximate surface area is 247 Å². The van der Waals surface area contributed by atoms with Crippen molar-refractivity contribution in [3.8, 4) is 45.6 Å². The number of aromatic nitrogens is 8. The van der Waals surface area contributed by atoms with Gasteiger partial charge in [0.25, 0.3) is 0 Å². The lowest BCUT2D eigenvalue weighted by molar-refractivity contribution is 0.585. The highest BCUT2D eigenvalue weighted by atomic mass is 35.5. The third kappa shape index (κ3) is 6.46. The second kappa shape index (κ2) is 12.8. The molecule has 0 amide bonds. The van der Waals surface area contributed by atoms with Crippen molar-refractivity contribution in [3.05, 3.63) is 118 Å². The molecule has 0 N–H and O–H groups in total. The zero-order valence-electron chi connectivity index (χ0n) is 20.6. The molecule has 0 atom stereocenters. The summed E-state index contributed by atoms with van der Waals surface area (Å²) in [4.78, 5) is 0. The standard InChI is InChI=1S/C14H8Cl2N4.C14H7ClF2N4/c15-11-7-3-1-5-9(11)13-17-19-14(20-18-13)10-6-2-4-8-12(10)16;15-9-5-2-1-4-8(9)13-18-20-14(21-19-13)12-10(16)6-3-7-11(12)17/h1-8H;1-7H. The Kier molecular flexibility index (Phi) is 8.73. The number of nitrogens with zero attached hydrogens (tertiary/aromatic N) is 8. The van der Waals surface area contributed by atoms with Crippen LogP contribution in [-0.4, -0.2) is 40.8 Å². The van der Waals surface area contributed by atoms with Crippen molar-refractivity contribution in [2.24, 2.45) is 0 Å². The molecule has 0 unspecified atom stereocenters. The molecule has 0 fully saturated rings. The van der Waals surface area contributed by atoms with Gasteiger partial charge in [-0.05, 0) is 48.5 Å². The molecular weight excluding hydrogens is 593 g/mol. The van der Waals surface area contributed by atoms with Gasteiger partial charge in [0.2, 0.25) is 23.3 Å². The van der Waals surface area contributed by atoms with Crippen LogP contribution in [0.4, 0.5) is 8.78 Å². The van der Waals surface area contributed by atoms with E-state index >= 15 is 0 Å². The average molecular weight is 608 g/mol. The molecule has 2 aromatic heterocycles. The van der Waals surface area contributed by atoms with Crippen LogP contribution >= 0.6 is 34.8 Å². The summed E-state index contributed by atoms with van der Waals surface area (Å²) in [6.45, 7) is 0. The van der Waals surface area contributed by atoms with E-state index in [-0.39, 0.29) is 17.2 Å². The topological polar surface area (TPSA) is 103 Å². The van der Waals surface area contributed by atoms with Gasteiger partial charge in [0.15, 0.2) is 0 Å². The molecule has 0 saturated carbocycles. The Hall–Kier alpha value is -4.51. The van der Waals surface area contributed by atoms with Crippen LogP contribution in [0, 0.1) is 11.6 Å². The van der Waals surface area contributed by atoms with Crippen LogP contribution in [0.2, 0.25) is 15.1 Å². The minimum Gasteiger partial charge on any atom is -0.206 e. The van der Waals surface area contributed by atoms with E-state index in [0.29, 0.717) is 43.4 Å². The Bertz CT molecular complexity index is 1720. The fraction of sp³-hybridized carbons (Fsp3) is 0. The third-order valence-corrected chi connectivity index (χ3v) is 6.48. The molecule has 0 bridgehead atoms. The zero-order valence-corrected chi connectivity index (χ0v) is 22.9. The lowest BCUT2D eigenvalue weighted by Gasteiger charge is -2.03. The SMILES string of the molecule is Clc1ccccc1-c1nnc(-c2ccccc2Cl)nn1.Fc1cccc(F)c1-c1nnc(-c2ccccc2Cl)nn1. The summed E-state index contributed by atoms with van der Waals surface area (Å²) in [7, 11) is 0. The molecule has 0 saturated heterocycles. The third-order valence-electron chi connectivity index (χ3n) is 5.49. The van der Waals surface area contributed by atoms with Crippen molar-refractivity contribution in [1.82, 2.24) is 40.8 Å². The number of hydrogen-bond acceptors (Lipinski definition) is 8. The first kappa shape index (κ1) is 28.0. The molecule has 41 heavy (non-hydrogen) atoms. The minimum absolute atomic E-state index is 0.182. The van der Waals surface area contributed by atoms with E-state index in [1.54, 1.807) is 36.4 Å². The molecule has 0 aliphatic rings. The Morgan fingerprint density at radius 3 is 0.976 bits per heavy atom. The molecule has 6 aromatic rings. The molecule has 202 valence electrons. The predicted molar refractivity (Wildman–Crippen MR) is 152 cm³/mol. The molecule has 0 aliphatic carbocycles. The van der Waals surface area contributed by atoms with Gasteiger partial charge in [0, 0.05) is 16.7 Å². The summed E-state index contributed by atoms with van der Waals surface area (Å²) in [5.74, 6) is -0.825. The Morgan fingerprint density at radius 2 is 0.659 bits per heavy atom. The van der Waals surface area contributed by atoms with Crippen LogP contribution in [0.25, 0.3) is 45.6 Å². The van der Waals surface area contributed by atoms with Gasteiger partial charge in [-0.15, -0.1) is 40.8 Å². The minimum atomic E-state index is -0.774. The van der Waals surface area contributed by atoms with E-state index in [9.17, 15) is 8.78 Å². The Balaban J connectivity index is 0.000000165. The highest BCUT2D eigenvalue weighted by molar-refractivity contribution is 6.33. The number of halogens is 5. The lowest BCUT2D eigenvalue weighted by Crippen LogP contribution is -2.02. The van der Waals surface area contributed by atoms with Gasteiger partial charge >= 0.3 is 0 Å². The summed E-state index contributed by atoms with van der Waals surface area (Å²) in [6.07, 6.45) is 0. The highest BCUT2D eigenvalue weighted by Gasteiger charge is 2.16. The van der Waals surface area contributed by atoms with Crippen LogP contribution < -0.4 is 0 Å². The Morgan fingerprint density at radius 1 is 0.366 bits per heavy atom. The highest BCUT2D eigenvalue weighted by Crippen LogP contribution is 2.27. The van der Waals surface area contributed by atoms with Crippen molar-refractivity contribution in [2.45, 2.75) is 0 Å². The molecule has 0 aliphatic heterocycles. The maximum Gasteiger partial charge on any atom is 0.209 e. The summed E-state index contributed by atoms with van der Waals surface area (Å²) < 4.78 is 27.3. The molecule has 0 radical (unpaired) electrons. The first-order chi connectivity index (χ1) is 19.9. The van der Waals surface area contributed by atoms with Crippen LogP contribution in [0.3, 0.4) is 0 Å². The largest absolute Gasteiger partial charge is 0.209 e. The smallest absolute Gasteiger partial charge is 0.206 e. The van der Waals surface area contributed by atoms with Crippen LogP contribution in [0.15, 0.2) is 91.0 Å². The normalized spacial score (nSPS) is 10.6. The van der Waals surface area contributed by atoms with E-state index in [2.05, 4.69) is 40.8 Å². The van der Waals surface area contributed by atoms with E-state index < -0.39 is 11.6 Å². The monoisotopic (exact) mass is 606 g/mol. The number of hydrogen-bond donors (Lipinski definition) is 0. The summed E-state index contributed by atoms with van der Waals surface area (Å²) in [5, 5.41) is 32.9. The van der Waals surface area contributed by atoms with E-state index in [1.165, 1.54) is 6.07 Å². The van der Waals surface area contributed by atoms with Gasteiger partial charge in [-0.25, -0.2) is 8.78 Å². The fourth-order valence-corrected chi connectivity index (χ4v) is 4.18. The van der Waals surface area contributed by atoms with Gasteiger partial charge in [-0.1, -0.05) is 77.3 Å². The van der Waals surface area contributed by atoms with Crippen LogP contribution in [0.5, 0.6) is 0 Å². The number of rotatable bonds is 4. The van der Waals surface area contributed by atoms with Crippen molar-refractivity contribution in [2.75, 3.05) is 0 Å². The van der Waals surface area contributed by atoms with Crippen molar-refractivity contribution >= 4 is 34.8 Å². The molecule has 8 nitrogen and oxygen atoms in total. The predicted octanol–water partition coefficient (Wildman–Crippen LogP) is 7.44. The van der Waals surface area contributed by atoms with E-state index in [4.69, 9.17) is 34.8 Å². The van der Waals surface area contributed by atoms with Gasteiger partial charge in [0.05, 0.1) is 20.6 Å². The summed E-state index contributed by atoms with van der Waals surface area (Å²) in [5.41, 5.74) is 1.57. The second-order valence-corrected chi connectivity index (χ2v) is 9.35. The summed E-state index contributed by atoms with van der Waals surface area (Å²) in [6, 6.07) is 24.9. The lowest BCUT2D eigenvalue weighted by atomic mass is 10.2. The molecule has 4 aromatic carbocycles. The fourth-order valence-electron chi connectivity index (χ4n) is 3.52. The van der Waals surface area contributed by atoms with Gasteiger partial charge in [-0.3, -0.25) is 0 Å². The van der Waals surface area contributed by atoms with Gasteiger partial charge in [-0.2, -0.15) is 0 Å². The first-order valence-corrected chi connectivity index (χ1v) is 12.9. The van der Waals surface area contributed by atoms with E-state index in [1.807, 2.05) is 36.4 Å². The maximum atomic E-state index is 13.6. The molecule has 6 rings (SSSR count). The first-order valence-electron chi connectivity index (χ1n) is 11.8. The average Bonchev–Trinajstić information content (AvgIpc) is 2.99. The quantitative estimate of drug-likeness (QED) is 0.204. The maximum absolute atomic E-state index is 13.6. The summed E-state index contributed by atoms with van der Waals surface area (Å²) >= 11 is 18.2. The van der Waals surface area contributed by atoms with Crippen LogP contribution in [-0.2, 0) is 0 Å². The molecular formula is C28H15Cl3F2N8. The zero-order chi connectivity index (χ0) is 28.8. The molecule has 0 spiro atoms. The second-order valence-electron chi connectivity index (χ2n) is 8.13. The van der Waals surface area contributed by atoms with Crippen molar-refractivity contribution in [3.63, 3.8) is 0 Å². The van der Waals surface area contributed by atoms with Crippen LogP contribution in [0.1, 0.15) is 0 Å². The van der Waals surface area contributed by atoms with Gasteiger partial charge < -0.3 is 0 Å².